The summed E-state index contributed by atoms with van der Waals surface area (Å²) in [5.41, 5.74) is 12.1. The lowest BCUT2D eigenvalue weighted by atomic mass is 9.99. The Morgan fingerprint density at radius 3 is 2.38 bits per heavy atom. The highest BCUT2D eigenvalue weighted by atomic mass is 16.1. The summed E-state index contributed by atoms with van der Waals surface area (Å²) in [6, 6.07) is 0. The van der Waals surface area contributed by atoms with E-state index in [0.29, 0.717) is 11.5 Å². The summed E-state index contributed by atoms with van der Waals surface area (Å²) in [6.07, 6.45) is 7.86. The predicted octanol–water partition coefficient (Wildman–Crippen LogP) is 0.726. The Kier molecular flexibility index (Phi) is 4.64. The first-order valence-electron chi connectivity index (χ1n) is 5.43. The highest BCUT2D eigenvalue weighted by Gasteiger charge is 2.18. The summed E-state index contributed by atoms with van der Waals surface area (Å²) >= 11 is 0. The molecule has 4 N–H and O–H groups in total. The molecule has 16 heavy (non-hydrogen) atoms. The van der Waals surface area contributed by atoms with E-state index in [1.165, 1.54) is 0 Å². The van der Waals surface area contributed by atoms with Crippen molar-refractivity contribution < 1.29 is 4.79 Å². The van der Waals surface area contributed by atoms with Gasteiger partial charge in [0.25, 0.3) is 0 Å². The van der Waals surface area contributed by atoms with Gasteiger partial charge < -0.3 is 21.2 Å². The molecular weight excluding hydrogens is 202 g/mol. The molecule has 0 saturated carbocycles. The second kappa shape index (κ2) is 6.00. The molecule has 1 rings (SSSR count). The minimum Gasteiger partial charge on any atom is -0.399 e. The SMILES string of the molecule is C=C/C(N)=C/C=C(\N)N1CCC(C=O)CC1. The molecule has 0 aromatic rings. The van der Waals surface area contributed by atoms with Gasteiger partial charge in [-0.1, -0.05) is 6.58 Å². The van der Waals surface area contributed by atoms with Crippen LogP contribution >= 0.6 is 0 Å². The number of hydrogen-bond donors (Lipinski definition) is 2. The van der Waals surface area contributed by atoms with Gasteiger partial charge in [-0.25, -0.2) is 0 Å². The van der Waals surface area contributed by atoms with E-state index in [2.05, 4.69) is 11.5 Å². The first kappa shape index (κ1) is 12.4. The van der Waals surface area contributed by atoms with Crippen LogP contribution in [0.4, 0.5) is 0 Å². The number of hydrogen-bond acceptors (Lipinski definition) is 4. The molecule has 0 amide bonds. The van der Waals surface area contributed by atoms with E-state index in [4.69, 9.17) is 11.5 Å². The van der Waals surface area contributed by atoms with E-state index >= 15 is 0 Å². The Hall–Kier alpha value is -1.71. The maximum atomic E-state index is 10.6. The van der Waals surface area contributed by atoms with Crippen LogP contribution in [0.1, 0.15) is 12.8 Å². The molecular formula is C12H19N3O. The lowest BCUT2D eigenvalue weighted by molar-refractivity contribution is -0.112. The molecule has 0 aliphatic carbocycles. The molecule has 1 fully saturated rings. The molecule has 88 valence electrons. The van der Waals surface area contributed by atoms with Crippen molar-refractivity contribution in [2.24, 2.45) is 17.4 Å². The molecule has 0 spiro atoms. The van der Waals surface area contributed by atoms with Crippen LogP contribution in [-0.2, 0) is 4.79 Å². The average Bonchev–Trinajstić information content (AvgIpc) is 2.35. The van der Waals surface area contributed by atoms with Gasteiger partial charge in [-0.3, -0.25) is 0 Å². The molecule has 0 radical (unpaired) electrons. The quantitative estimate of drug-likeness (QED) is 0.542. The van der Waals surface area contributed by atoms with Crippen molar-refractivity contribution in [3.8, 4) is 0 Å². The Morgan fingerprint density at radius 2 is 1.88 bits per heavy atom. The molecule has 4 nitrogen and oxygen atoms in total. The van der Waals surface area contributed by atoms with Gasteiger partial charge in [0, 0.05) is 24.7 Å². The summed E-state index contributed by atoms with van der Waals surface area (Å²) in [6.45, 7) is 5.21. The molecule has 1 aliphatic rings. The average molecular weight is 221 g/mol. The van der Waals surface area contributed by atoms with E-state index in [1.54, 1.807) is 18.2 Å². The molecule has 0 aromatic heterocycles. The Labute approximate surface area is 96.3 Å². The van der Waals surface area contributed by atoms with Crippen molar-refractivity contribution in [2.45, 2.75) is 12.8 Å². The fourth-order valence-electron chi connectivity index (χ4n) is 1.65. The van der Waals surface area contributed by atoms with Gasteiger partial charge in [0.15, 0.2) is 0 Å². The fraction of sp³-hybridized carbons (Fsp3) is 0.417. The third kappa shape index (κ3) is 3.46. The molecule has 0 bridgehead atoms. The number of aldehydes is 1. The van der Waals surface area contributed by atoms with Gasteiger partial charge in [-0.05, 0) is 31.1 Å². The lowest BCUT2D eigenvalue weighted by Crippen LogP contribution is -2.36. The van der Waals surface area contributed by atoms with Crippen molar-refractivity contribution in [2.75, 3.05) is 13.1 Å². The highest BCUT2D eigenvalue weighted by Crippen LogP contribution is 2.16. The Bertz CT molecular complexity index is 312. The van der Waals surface area contributed by atoms with Gasteiger partial charge in [0.2, 0.25) is 0 Å². The standard InChI is InChI=1S/C12H19N3O/c1-2-11(13)3-4-12(14)15-7-5-10(9-16)6-8-15/h2-4,9-10H,1,5-8,13-14H2/b11-3-,12-4+. The van der Waals surface area contributed by atoms with Crippen LogP contribution < -0.4 is 11.5 Å². The van der Waals surface area contributed by atoms with Crippen molar-refractivity contribution in [3.63, 3.8) is 0 Å². The van der Waals surface area contributed by atoms with Gasteiger partial charge in [0.1, 0.15) is 6.29 Å². The van der Waals surface area contributed by atoms with Crippen LogP contribution in [0.15, 0.2) is 36.3 Å². The van der Waals surface area contributed by atoms with E-state index in [-0.39, 0.29) is 5.92 Å². The molecule has 0 atom stereocenters. The van der Waals surface area contributed by atoms with Gasteiger partial charge >= 0.3 is 0 Å². The zero-order valence-electron chi connectivity index (χ0n) is 9.43. The maximum Gasteiger partial charge on any atom is 0.123 e. The lowest BCUT2D eigenvalue weighted by Gasteiger charge is -2.31. The normalized spacial score (nSPS) is 19.6. The van der Waals surface area contributed by atoms with E-state index in [0.717, 1.165) is 32.2 Å². The number of likely N-dealkylation sites (tertiary alicyclic amines) is 1. The number of nitrogens with zero attached hydrogens (tertiary/aromatic N) is 1. The van der Waals surface area contributed by atoms with Crippen molar-refractivity contribution in [1.82, 2.24) is 4.90 Å². The van der Waals surface area contributed by atoms with E-state index in [9.17, 15) is 4.79 Å². The van der Waals surface area contributed by atoms with Crippen LogP contribution in [0.2, 0.25) is 0 Å². The summed E-state index contributed by atoms with van der Waals surface area (Å²) in [5.74, 6) is 0.881. The van der Waals surface area contributed by atoms with Crippen LogP contribution in [0.3, 0.4) is 0 Å². The van der Waals surface area contributed by atoms with E-state index < -0.39 is 0 Å². The molecule has 1 heterocycles. The molecule has 0 aromatic carbocycles. The minimum atomic E-state index is 0.192. The first-order chi connectivity index (χ1) is 7.67. The van der Waals surface area contributed by atoms with E-state index in [1.807, 2.05) is 0 Å². The van der Waals surface area contributed by atoms with Gasteiger partial charge in [0.05, 0.1) is 5.82 Å². The monoisotopic (exact) mass is 221 g/mol. The largest absolute Gasteiger partial charge is 0.399 e. The zero-order valence-corrected chi connectivity index (χ0v) is 9.43. The van der Waals surface area contributed by atoms with Crippen LogP contribution in [0.25, 0.3) is 0 Å². The third-order valence-corrected chi connectivity index (χ3v) is 2.78. The zero-order chi connectivity index (χ0) is 12.0. The van der Waals surface area contributed by atoms with Gasteiger partial charge in [-0.2, -0.15) is 0 Å². The number of carbonyl (C=O) groups excluding carboxylic acids is 1. The number of carbonyl (C=O) groups is 1. The summed E-state index contributed by atoms with van der Waals surface area (Å²) in [5, 5.41) is 0. The molecule has 4 heteroatoms. The Morgan fingerprint density at radius 1 is 1.25 bits per heavy atom. The van der Waals surface area contributed by atoms with Crippen LogP contribution in [0, 0.1) is 5.92 Å². The molecule has 1 aliphatic heterocycles. The number of rotatable bonds is 4. The minimum absolute atomic E-state index is 0.192. The van der Waals surface area contributed by atoms with Crippen molar-refractivity contribution in [1.29, 1.82) is 0 Å². The number of allylic oxidation sites excluding steroid dienone is 3. The summed E-state index contributed by atoms with van der Waals surface area (Å²) < 4.78 is 0. The molecule has 0 unspecified atom stereocenters. The van der Waals surface area contributed by atoms with Crippen LogP contribution in [-0.4, -0.2) is 24.3 Å². The predicted molar refractivity (Wildman–Crippen MR) is 65.1 cm³/mol. The number of piperidine rings is 1. The van der Waals surface area contributed by atoms with Crippen LogP contribution in [0.5, 0.6) is 0 Å². The third-order valence-electron chi connectivity index (χ3n) is 2.78. The molecule has 1 saturated heterocycles. The first-order valence-corrected chi connectivity index (χ1v) is 5.43. The smallest absolute Gasteiger partial charge is 0.123 e. The fourth-order valence-corrected chi connectivity index (χ4v) is 1.65. The highest BCUT2D eigenvalue weighted by molar-refractivity contribution is 5.53. The van der Waals surface area contributed by atoms with Crippen molar-refractivity contribution in [3.05, 3.63) is 36.3 Å². The van der Waals surface area contributed by atoms with Crippen molar-refractivity contribution >= 4 is 6.29 Å². The topological polar surface area (TPSA) is 72.3 Å². The Balaban J connectivity index is 2.53. The summed E-state index contributed by atoms with van der Waals surface area (Å²) in [7, 11) is 0. The second-order valence-corrected chi connectivity index (χ2v) is 3.92. The number of nitrogens with two attached hydrogens (primary N) is 2. The van der Waals surface area contributed by atoms with Gasteiger partial charge in [-0.15, -0.1) is 0 Å². The summed E-state index contributed by atoms with van der Waals surface area (Å²) in [4.78, 5) is 12.7. The maximum absolute atomic E-state index is 10.6. The second-order valence-electron chi connectivity index (χ2n) is 3.92.